The van der Waals surface area contributed by atoms with Crippen LogP contribution >= 0.6 is 23.1 Å². The van der Waals surface area contributed by atoms with Gasteiger partial charge in [0.2, 0.25) is 10.0 Å². The molecule has 0 aliphatic rings. The van der Waals surface area contributed by atoms with Gasteiger partial charge in [0.25, 0.3) is 0 Å². The molecule has 0 unspecified atom stereocenters. The maximum absolute atomic E-state index is 12.0. The third-order valence-electron chi connectivity index (χ3n) is 2.34. The molecule has 0 saturated carbocycles. The molecule has 0 saturated heterocycles. The van der Waals surface area contributed by atoms with E-state index in [1.807, 2.05) is 12.4 Å². The second kappa shape index (κ2) is 8.16. The van der Waals surface area contributed by atoms with Crippen LogP contribution in [0.4, 0.5) is 0 Å². The smallest absolute Gasteiger partial charge is 0.250 e. The normalized spacial score (nSPS) is 11.9. The van der Waals surface area contributed by atoms with Gasteiger partial charge < -0.3 is 5.32 Å². The van der Waals surface area contributed by atoms with Crippen LogP contribution in [-0.4, -0.2) is 34.0 Å². The summed E-state index contributed by atoms with van der Waals surface area (Å²) in [4.78, 5) is 0. The van der Waals surface area contributed by atoms with Crippen LogP contribution in [0, 0.1) is 0 Å². The van der Waals surface area contributed by atoms with Crippen LogP contribution in [0.1, 0.15) is 18.4 Å². The molecule has 0 aliphatic carbocycles. The average molecular weight is 308 g/mol. The molecule has 7 heteroatoms. The molecule has 4 nitrogen and oxygen atoms in total. The van der Waals surface area contributed by atoms with Gasteiger partial charge in [-0.05, 0) is 48.9 Å². The van der Waals surface area contributed by atoms with Gasteiger partial charge in [-0.15, -0.1) is 11.3 Å². The Hall–Kier alpha value is -0.0800. The molecular formula is C11H20N2O2S3. The molecule has 0 amide bonds. The van der Waals surface area contributed by atoms with Crippen molar-refractivity contribution in [3.05, 3.63) is 17.0 Å². The van der Waals surface area contributed by atoms with Crippen molar-refractivity contribution in [3.8, 4) is 0 Å². The molecule has 0 aliphatic heterocycles. The van der Waals surface area contributed by atoms with Gasteiger partial charge in [0.05, 0.1) is 0 Å². The van der Waals surface area contributed by atoms with Crippen LogP contribution in [0.15, 0.2) is 15.7 Å². The Morgan fingerprint density at radius 2 is 2.17 bits per heavy atom. The summed E-state index contributed by atoms with van der Waals surface area (Å²) < 4.78 is 27.0. The second-order valence-electron chi connectivity index (χ2n) is 3.90. The highest BCUT2D eigenvalue weighted by Gasteiger charge is 2.15. The lowest BCUT2D eigenvalue weighted by molar-refractivity contribution is 0.580. The van der Waals surface area contributed by atoms with Gasteiger partial charge in [0.1, 0.15) is 4.21 Å². The van der Waals surface area contributed by atoms with E-state index in [-0.39, 0.29) is 0 Å². The van der Waals surface area contributed by atoms with E-state index in [0.29, 0.717) is 17.3 Å². The number of thiophene rings is 1. The van der Waals surface area contributed by atoms with Crippen molar-refractivity contribution in [2.45, 2.75) is 23.6 Å². The SMILES string of the molecule is CNCc1csc(S(=O)(=O)NCCCCSC)c1. The quantitative estimate of drug-likeness (QED) is 0.684. The lowest BCUT2D eigenvalue weighted by atomic mass is 10.3. The first-order chi connectivity index (χ1) is 8.60. The van der Waals surface area contributed by atoms with Crippen LogP contribution in [0.2, 0.25) is 0 Å². The highest BCUT2D eigenvalue weighted by molar-refractivity contribution is 7.98. The number of hydrogen-bond donors (Lipinski definition) is 2. The lowest BCUT2D eigenvalue weighted by Gasteiger charge is -2.04. The minimum Gasteiger partial charge on any atom is -0.316 e. The second-order valence-corrected chi connectivity index (χ2v) is 7.79. The average Bonchev–Trinajstić information content (AvgIpc) is 2.79. The van der Waals surface area contributed by atoms with E-state index in [9.17, 15) is 8.42 Å². The van der Waals surface area contributed by atoms with E-state index < -0.39 is 10.0 Å². The maximum Gasteiger partial charge on any atom is 0.250 e. The standard InChI is InChI=1S/C11H20N2O2S3/c1-12-8-10-7-11(17-9-10)18(14,15)13-5-3-4-6-16-2/h7,9,12-13H,3-6,8H2,1-2H3. The fraction of sp³-hybridized carbons (Fsp3) is 0.636. The fourth-order valence-corrected chi connectivity index (χ4v) is 4.26. The molecule has 18 heavy (non-hydrogen) atoms. The minimum absolute atomic E-state index is 0.401. The first-order valence-corrected chi connectivity index (χ1v) is 9.56. The zero-order chi connectivity index (χ0) is 13.4. The summed E-state index contributed by atoms with van der Waals surface area (Å²) in [5.41, 5.74) is 1.00. The molecule has 0 spiro atoms. The van der Waals surface area contributed by atoms with E-state index in [0.717, 1.165) is 24.2 Å². The largest absolute Gasteiger partial charge is 0.316 e. The lowest BCUT2D eigenvalue weighted by Crippen LogP contribution is -2.24. The monoisotopic (exact) mass is 308 g/mol. The minimum atomic E-state index is -3.31. The Balaban J connectivity index is 2.46. The molecule has 1 aromatic heterocycles. The third-order valence-corrected chi connectivity index (χ3v) is 5.99. The van der Waals surface area contributed by atoms with Crippen molar-refractivity contribution in [2.75, 3.05) is 25.6 Å². The molecule has 104 valence electrons. The van der Waals surface area contributed by atoms with Crippen LogP contribution < -0.4 is 10.0 Å². The van der Waals surface area contributed by atoms with E-state index >= 15 is 0 Å². The molecule has 1 heterocycles. The summed E-state index contributed by atoms with van der Waals surface area (Å²) in [5, 5.41) is 4.88. The van der Waals surface area contributed by atoms with Crippen LogP contribution in [0.25, 0.3) is 0 Å². The summed E-state index contributed by atoms with van der Waals surface area (Å²) in [6, 6.07) is 1.73. The van der Waals surface area contributed by atoms with Gasteiger partial charge in [-0.25, -0.2) is 13.1 Å². The predicted molar refractivity (Wildman–Crippen MR) is 79.9 cm³/mol. The number of unbranched alkanes of at least 4 members (excludes halogenated alkanes) is 1. The summed E-state index contributed by atoms with van der Waals surface area (Å²) >= 11 is 3.05. The topological polar surface area (TPSA) is 58.2 Å². The zero-order valence-corrected chi connectivity index (χ0v) is 13.2. The van der Waals surface area contributed by atoms with E-state index in [1.54, 1.807) is 17.8 Å². The van der Waals surface area contributed by atoms with Gasteiger partial charge in [0, 0.05) is 13.1 Å². The molecule has 0 fully saturated rings. The highest BCUT2D eigenvalue weighted by Crippen LogP contribution is 2.19. The predicted octanol–water partition coefficient (Wildman–Crippen LogP) is 1.89. The van der Waals surface area contributed by atoms with Crippen molar-refractivity contribution in [3.63, 3.8) is 0 Å². The van der Waals surface area contributed by atoms with E-state index in [1.165, 1.54) is 11.3 Å². The van der Waals surface area contributed by atoms with Crippen LogP contribution in [-0.2, 0) is 16.6 Å². The Morgan fingerprint density at radius 3 is 2.83 bits per heavy atom. The molecule has 0 bridgehead atoms. The van der Waals surface area contributed by atoms with Gasteiger partial charge in [-0.1, -0.05) is 0 Å². The van der Waals surface area contributed by atoms with Gasteiger partial charge in [-0.2, -0.15) is 11.8 Å². The Morgan fingerprint density at radius 1 is 1.39 bits per heavy atom. The summed E-state index contributed by atoms with van der Waals surface area (Å²) in [6.07, 6.45) is 3.98. The summed E-state index contributed by atoms with van der Waals surface area (Å²) in [5.74, 6) is 1.08. The van der Waals surface area contributed by atoms with E-state index in [2.05, 4.69) is 16.3 Å². The van der Waals surface area contributed by atoms with Gasteiger partial charge in [0.15, 0.2) is 0 Å². The Kier molecular flexibility index (Phi) is 7.25. The first-order valence-electron chi connectivity index (χ1n) is 5.81. The molecule has 1 aromatic rings. The molecular weight excluding hydrogens is 288 g/mol. The summed E-state index contributed by atoms with van der Waals surface area (Å²) in [6.45, 7) is 1.21. The highest BCUT2D eigenvalue weighted by atomic mass is 32.2. The third kappa shape index (κ3) is 5.27. The number of sulfonamides is 1. The molecule has 1 rings (SSSR count). The molecule has 0 atom stereocenters. The zero-order valence-electron chi connectivity index (χ0n) is 10.7. The fourth-order valence-electron chi connectivity index (χ4n) is 1.44. The Bertz CT molecular complexity index is 443. The Labute approximate surface area is 118 Å². The number of nitrogens with one attached hydrogen (secondary N) is 2. The maximum atomic E-state index is 12.0. The first kappa shape index (κ1) is 16.0. The number of hydrogen-bond acceptors (Lipinski definition) is 5. The molecule has 2 N–H and O–H groups in total. The van der Waals surface area contributed by atoms with Crippen molar-refractivity contribution in [1.82, 2.24) is 10.0 Å². The van der Waals surface area contributed by atoms with Gasteiger partial charge in [-0.3, -0.25) is 0 Å². The van der Waals surface area contributed by atoms with Gasteiger partial charge >= 0.3 is 0 Å². The molecule has 0 radical (unpaired) electrons. The summed E-state index contributed by atoms with van der Waals surface area (Å²) in [7, 11) is -1.47. The van der Waals surface area contributed by atoms with Crippen LogP contribution in [0.3, 0.4) is 0 Å². The molecule has 0 aromatic carbocycles. The van der Waals surface area contributed by atoms with Crippen molar-refractivity contribution < 1.29 is 8.42 Å². The van der Waals surface area contributed by atoms with Crippen molar-refractivity contribution in [2.24, 2.45) is 0 Å². The van der Waals surface area contributed by atoms with Crippen molar-refractivity contribution in [1.29, 1.82) is 0 Å². The van der Waals surface area contributed by atoms with E-state index in [4.69, 9.17) is 0 Å². The number of thioether (sulfide) groups is 1. The van der Waals surface area contributed by atoms with Crippen LogP contribution in [0.5, 0.6) is 0 Å². The van der Waals surface area contributed by atoms with Crippen molar-refractivity contribution >= 4 is 33.1 Å². The number of rotatable bonds is 9.